The molecule has 1 rings (SSSR count). The van der Waals surface area contributed by atoms with Crippen LogP contribution in [0.3, 0.4) is 0 Å². The first kappa shape index (κ1) is 12.5. The average Bonchev–Trinajstić information content (AvgIpc) is 2.29. The van der Waals surface area contributed by atoms with Crippen molar-refractivity contribution in [1.82, 2.24) is 0 Å². The van der Waals surface area contributed by atoms with Gasteiger partial charge in [0.05, 0.1) is 4.92 Å². The third kappa shape index (κ3) is 3.56. The standard InChI is InChI=1S/C9H7N3O2S2/c1-15-9(11-6-10)16-8-4-2-7(3-5-8)12(13)14/h2-5H,1H3. The van der Waals surface area contributed by atoms with Gasteiger partial charge in [0.15, 0.2) is 0 Å². The third-order valence-electron chi connectivity index (χ3n) is 1.57. The van der Waals surface area contributed by atoms with Gasteiger partial charge in [-0.15, -0.1) is 11.8 Å². The molecule has 0 saturated heterocycles. The molecule has 0 aliphatic rings. The van der Waals surface area contributed by atoms with Crippen molar-refractivity contribution < 1.29 is 4.92 Å². The van der Waals surface area contributed by atoms with E-state index in [2.05, 4.69) is 4.99 Å². The fourth-order valence-electron chi connectivity index (χ4n) is 0.888. The topological polar surface area (TPSA) is 79.3 Å². The fraction of sp³-hybridized carbons (Fsp3) is 0.111. The first-order valence-electron chi connectivity index (χ1n) is 4.10. The van der Waals surface area contributed by atoms with E-state index in [4.69, 9.17) is 5.26 Å². The molecule has 0 aromatic heterocycles. The molecule has 0 saturated carbocycles. The van der Waals surface area contributed by atoms with Gasteiger partial charge in [0.25, 0.3) is 5.69 Å². The van der Waals surface area contributed by atoms with Gasteiger partial charge < -0.3 is 0 Å². The Labute approximate surface area is 101 Å². The number of hydrogen-bond acceptors (Lipinski definition) is 6. The molecule has 1 aromatic carbocycles. The first-order chi connectivity index (χ1) is 7.67. The Hall–Kier alpha value is -1.52. The third-order valence-corrected chi connectivity index (χ3v) is 3.53. The fourth-order valence-corrected chi connectivity index (χ4v) is 2.20. The van der Waals surface area contributed by atoms with Gasteiger partial charge in [-0.3, -0.25) is 10.1 Å². The second kappa shape index (κ2) is 6.15. The maximum absolute atomic E-state index is 10.4. The largest absolute Gasteiger partial charge is 0.269 e. The van der Waals surface area contributed by atoms with Crippen LogP contribution in [0.15, 0.2) is 34.2 Å². The molecule has 0 fully saturated rings. The zero-order chi connectivity index (χ0) is 12.0. The zero-order valence-electron chi connectivity index (χ0n) is 8.28. The van der Waals surface area contributed by atoms with Crippen LogP contribution in [0.25, 0.3) is 0 Å². The van der Waals surface area contributed by atoms with Gasteiger partial charge >= 0.3 is 0 Å². The summed E-state index contributed by atoms with van der Waals surface area (Å²) in [4.78, 5) is 14.4. The Bertz CT molecular complexity index is 451. The second-order valence-electron chi connectivity index (χ2n) is 2.53. The van der Waals surface area contributed by atoms with E-state index in [1.807, 2.05) is 6.26 Å². The lowest BCUT2D eigenvalue weighted by molar-refractivity contribution is -0.384. The smallest absolute Gasteiger partial charge is 0.258 e. The van der Waals surface area contributed by atoms with Crippen molar-refractivity contribution in [2.45, 2.75) is 4.90 Å². The van der Waals surface area contributed by atoms with Crippen LogP contribution in [0.5, 0.6) is 0 Å². The molecular weight excluding hydrogens is 246 g/mol. The molecule has 0 radical (unpaired) electrons. The van der Waals surface area contributed by atoms with Crippen molar-refractivity contribution in [3.63, 3.8) is 0 Å². The second-order valence-corrected chi connectivity index (χ2v) is 4.65. The van der Waals surface area contributed by atoms with Crippen LogP contribution < -0.4 is 0 Å². The van der Waals surface area contributed by atoms with Crippen LogP contribution in [-0.4, -0.2) is 15.6 Å². The number of nitro groups is 1. The number of nitriles is 1. The van der Waals surface area contributed by atoms with Crippen LogP contribution in [0, 0.1) is 21.6 Å². The van der Waals surface area contributed by atoms with Gasteiger partial charge in [-0.1, -0.05) is 11.8 Å². The average molecular weight is 253 g/mol. The van der Waals surface area contributed by atoms with E-state index in [0.717, 1.165) is 4.90 Å². The molecule has 1 aromatic rings. The number of nitro benzene ring substituents is 1. The van der Waals surface area contributed by atoms with E-state index >= 15 is 0 Å². The Kier molecular flexibility index (Phi) is 4.82. The van der Waals surface area contributed by atoms with Crippen LogP contribution in [0.4, 0.5) is 5.69 Å². The summed E-state index contributed by atoms with van der Waals surface area (Å²) in [5.41, 5.74) is 0.0484. The van der Waals surface area contributed by atoms with Crippen molar-refractivity contribution in [3.05, 3.63) is 34.4 Å². The lowest BCUT2D eigenvalue weighted by atomic mass is 10.3. The molecule has 16 heavy (non-hydrogen) atoms. The number of non-ortho nitro benzene ring substituents is 1. The van der Waals surface area contributed by atoms with E-state index in [9.17, 15) is 10.1 Å². The van der Waals surface area contributed by atoms with E-state index in [1.54, 1.807) is 18.3 Å². The molecule has 0 N–H and O–H groups in total. The summed E-state index contributed by atoms with van der Waals surface area (Å²) in [6.45, 7) is 0. The number of benzene rings is 1. The molecule has 0 bridgehead atoms. The molecule has 0 spiro atoms. The van der Waals surface area contributed by atoms with Crippen molar-refractivity contribution in [3.8, 4) is 6.19 Å². The van der Waals surface area contributed by atoms with E-state index in [0.29, 0.717) is 4.38 Å². The number of nitrogens with zero attached hydrogens (tertiary/aromatic N) is 3. The summed E-state index contributed by atoms with van der Waals surface area (Å²) >= 11 is 2.66. The lowest BCUT2D eigenvalue weighted by Crippen LogP contribution is -1.88. The van der Waals surface area contributed by atoms with Crippen molar-refractivity contribution in [2.75, 3.05) is 6.26 Å². The normalized spacial score (nSPS) is 10.9. The molecule has 0 aliphatic heterocycles. The highest BCUT2D eigenvalue weighted by atomic mass is 32.2. The maximum atomic E-state index is 10.4. The van der Waals surface area contributed by atoms with Crippen LogP contribution in [-0.2, 0) is 0 Å². The summed E-state index contributed by atoms with van der Waals surface area (Å²) in [6, 6.07) is 6.11. The van der Waals surface area contributed by atoms with Crippen LogP contribution >= 0.6 is 23.5 Å². The Balaban J connectivity index is 2.80. The summed E-state index contributed by atoms with van der Waals surface area (Å²) in [6.07, 6.45) is 3.52. The molecule has 82 valence electrons. The van der Waals surface area contributed by atoms with Gasteiger partial charge in [0.1, 0.15) is 4.38 Å². The van der Waals surface area contributed by atoms with Gasteiger partial charge in [-0.05, 0) is 18.4 Å². The van der Waals surface area contributed by atoms with Gasteiger partial charge in [0, 0.05) is 17.0 Å². The molecule has 0 heterocycles. The molecule has 7 heteroatoms. The quantitative estimate of drug-likeness (QED) is 0.202. The number of aliphatic imine (C=N–C) groups is 1. The first-order valence-corrected chi connectivity index (χ1v) is 6.14. The Morgan fingerprint density at radius 2 is 2.12 bits per heavy atom. The highest BCUT2D eigenvalue weighted by molar-refractivity contribution is 8.38. The Morgan fingerprint density at radius 1 is 1.50 bits per heavy atom. The van der Waals surface area contributed by atoms with Gasteiger partial charge in [-0.25, -0.2) is 0 Å². The predicted molar refractivity (Wildman–Crippen MR) is 65.5 cm³/mol. The number of rotatable bonds is 2. The minimum absolute atomic E-state index is 0.0484. The van der Waals surface area contributed by atoms with Gasteiger partial charge in [-0.2, -0.15) is 10.3 Å². The van der Waals surface area contributed by atoms with E-state index in [1.165, 1.54) is 35.7 Å². The minimum Gasteiger partial charge on any atom is -0.258 e. The predicted octanol–water partition coefficient (Wildman–Crippen LogP) is 2.89. The van der Waals surface area contributed by atoms with Crippen molar-refractivity contribution >= 4 is 33.6 Å². The van der Waals surface area contributed by atoms with Crippen LogP contribution in [0.2, 0.25) is 0 Å². The highest BCUT2D eigenvalue weighted by Crippen LogP contribution is 2.26. The van der Waals surface area contributed by atoms with Crippen molar-refractivity contribution in [1.29, 1.82) is 5.26 Å². The molecule has 0 unspecified atom stereocenters. The zero-order valence-corrected chi connectivity index (χ0v) is 9.92. The lowest BCUT2D eigenvalue weighted by Gasteiger charge is -2.00. The monoisotopic (exact) mass is 253 g/mol. The minimum atomic E-state index is -0.451. The molecule has 0 aliphatic carbocycles. The SMILES string of the molecule is CSC(=NC#N)Sc1ccc([N+](=O)[O-])cc1. The Morgan fingerprint density at radius 3 is 2.56 bits per heavy atom. The summed E-state index contributed by atoms with van der Waals surface area (Å²) in [5.74, 6) is 0. The van der Waals surface area contributed by atoms with Crippen LogP contribution in [0.1, 0.15) is 0 Å². The maximum Gasteiger partial charge on any atom is 0.269 e. The van der Waals surface area contributed by atoms with E-state index in [-0.39, 0.29) is 5.69 Å². The molecule has 0 atom stereocenters. The summed E-state index contributed by atoms with van der Waals surface area (Å²) in [7, 11) is 0. The van der Waals surface area contributed by atoms with E-state index < -0.39 is 4.92 Å². The number of hydrogen-bond donors (Lipinski definition) is 0. The molecular formula is C9H7N3O2S2. The highest BCUT2D eigenvalue weighted by Gasteiger charge is 2.06. The summed E-state index contributed by atoms with van der Waals surface area (Å²) in [5, 5.41) is 18.8. The van der Waals surface area contributed by atoms with Gasteiger partial charge in [0.2, 0.25) is 6.19 Å². The number of thioether (sulfide) groups is 2. The summed E-state index contributed by atoms with van der Waals surface area (Å²) < 4.78 is 0.608. The molecule has 0 amide bonds. The van der Waals surface area contributed by atoms with Crippen molar-refractivity contribution in [2.24, 2.45) is 4.99 Å². The molecule has 5 nitrogen and oxygen atoms in total.